The highest BCUT2D eigenvalue weighted by Gasteiger charge is 2.25. The summed E-state index contributed by atoms with van der Waals surface area (Å²) in [6, 6.07) is 14.7. The third-order valence-corrected chi connectivity index (χ3v) is 6.50. The molecule has 170 valence electrons. The molecular weight excluding hydrogens is 459 g/mol. The fourth-order valence-electron chi connectivity index (χ4n) is 4.03. The van der Waals surface area contributed by atoms with Crippen molar-refractivity contribution in [3.8, 4) is 0 Å². The Bertz CT molecular complexity index is 1190. The van der Waals surface area contributed by atoms with Crippen LogP contribution in [-0.2, 0) is 0 Å². The summed E-state index contributed by atoms with van der Waals surface area (Å²) < 4.78 is 0. The quantitative estimate of drug-likeness (QED) is 0.376. The molecule has 1 fully saturated rings. The minimum atomic E-state index is -0.415. The van der Waals surface area contributed by atoms with Gasteiger partial charge in [0.05, 0.1) is 10.6 Å². The fourth-order valence-corrected chi connectivity index (χ4v) is 4.38. The van der Waals surface area contributed by atoms with Crippen LogP contribution in [0.5, 0.6) is 0 Å². The van der Waals surface area contributed by atoms with Crippen molar-refractivity contribution >= 4 is 46.4 Å². The molecule has 0 bridgehead atoms. The number of pyridine rings is 1. The molecule has 6 nitrogen and oxygen atoms in total. The summed E-state index contributed by atoms with van der Waals surface area (Å²) >= 11 is 12.0. The molecule has 4 rings (SSSR count). The molecule has 2 heterocycles. The van der Waals surface area contributed by atoms with Crippen LogP contribution in [0.3, 0.4) is 0 Å². The van der Waals surface area contributed by atoms with Crippen LogP contribution in [-0.4, -0.2) is 34.8 Å². The maximum absolute atomic E-state index is 13.2. The first kappa shape index (κ1) is 23.1. The van der Waals surface area contributed by atoms with Crippen molar-refractivity contribution in [1.82, 2.24) is 9.88 Å². The number of nitrogens with one attached hydrogen (secondary N) is 1. The van der Waals surface area contributed by atoms with Gasteiger partial charge < -0.3 is 16.0 Å². The van der Waals surface area contributed by atoms with Crippen LogP contribution in [0.1, 0.15) is 50.6 Å². The van der Waals surface area contributed by atoms with E-state index in [1.54, 1.807) is 12.1 Å². The van der Waals surface area contributed by atoms with Gasteiger partial charge >= 0.3 is 0 Å². The largest absolute Gasteiger partial charge is 0.399 e. The van der Waals surface area contributed by atoms with Crippen LogP contribution in [0.4, 0.5) is 11.4 Å². The Kier molecular flexibility index (Phi) is 6.86. The van der Waals surface area contributed by atoms with E-state index in [1.165, 1.54) is 17.8 Å². The van der Waals surface area contributed by atoms with Crippen molar-refractivity contribution in [2.75, 3.05) is 24.1 Å². The molecule has 0 spiro atoms. The van der Waals surface area contributed by atoms with E-state index in [4.69, 9.17) is 28.9 Å². The number of hydrogen-bond acceptors (Lipinski definition) is 4. The number of rotatable bonds is 4. The Morgan fingerprint density at radius 1 is 1.06 bits per heavy atom. The number of halogens is 2. The molecule has 1 aliphatic rings. The predicted octanol–water partition coefficient (Wildman–Crippen LogP) is 5.55. The summed E-state index contributed by atoms with van der Waals surface area (Å²) in [7, 11) is 0. The standard InChI is InChI=1S/C25H24Cl2N4O2/c1-15-2-3-18(12-22(15)30-24(32)20-13-23(27)29-14-21(20)26)25(33)31-10-8-17(9-11-31)16-4-6-19(28)7-5-16/h2-7,12-14,17H,8-11,28H2,1H3,(H,30,32). The van der Waals surface area contributed by atoms with Gasteiger partial charge in [-0.25, -0.2) is 4.98 Å². The maximum Gasteiger partial charge on any atom is 0.257 e. The van der Waals surface area contributed by atoms with Crippen LogP contribution < -0.4 is 11.1 Å². The lowest BCUT2D eigenvalue weighted by atomic mass is 9.89. The molecule has 2 aromatic carbocycles. The van der Waals surface area contributed by atoms with Gasteiger partial charge in [0.15, 0.2) is 0 Å². The molecule has 0 radical (unpaired) electrons. The van der Waals surface area contributed by atoms with Crippen molar-refractivity contribution in [3.05, 3.63) is 87.2 Å². The van der Waals surface area contributed by atoms with Crippen molar-refractivity contribution in [2.24, 2.45) is 0 Å². The third kappa shape index (κ3) is 5.29. The van der Waals surface area contributed by atoms with E-state index in [1.807, 2.05) is 30.0 Å². The lowest BCUT2D eigenvalue weighted by molar-refractivity contribution is 0.0712. The van der Waals surface area contributed by atoms with Gasteiger partial charge in [-0.05, 0) is 67.1 Å². The van der Waals surface area contributed by atoms with Gasteiger partial charge in [-0.3, -0.25) is 9.59 Å². The van der Waals surface area contributed by atoms with E-state index < -0.39 is 5.91 Å². The van der Waals surface area contributed by atoms with Crippen LogP contribution in [0.15, 0.2) is 54.7 Å². The van der Waals surface area contributed by atoms with Crippen molar-refractivity contribution < 1.29 is 9.59 Å². The first-order valence-corrected chi connectivity index (χ1v) is 11.4. The number of benzene rings is 2. The maximum atomic E-state index is 13.2. The summed E-state index contributed by atoms with van der Waals surface area (Å²) in [4.78, 5) is 31.6. The zero-order valence-corrected chi connectivity index (χ0v) is 19.7. The number of anilines is 2. The second-order valence-electron chi connectivity index (χ2n) is 8.20. The highest BCUT2D eigenvalue weighted by atomic mass is 35.5. The smallest absolute Gasteiger partial charge is 0.257 e. The number of amides is 2. The molecule has 1 aromatic heterocycles. The number of hydrogen-bond donors (Lipinski definition) is 2. The van der Waals surface area contributed by atoms with E-state index in [0.717, 1.165) is 24.1 Å². The molecule has 3 N–H and O–H groups in total. The van der Waals surface area contributed by atoms with E-state index in [9.17, 15) is 9.59 Å². The van der Waals surface area contributed by atoms with Gasteiger partial charge in [0.2, 0.25) is 0 Å². The molecule has 0 aliphatic carbocycles. The molecule has 33 heavy (non-hydrogen) atoms. The first-order chi connectivity index (χ1) is 15.8. The number of nitrogen functional groups attached to an aromatic ring is 1. The zero-order chi connectivity index (χ0) is 23.5. The van der Waals surface area contributed by atoms with E-state index in [0.29, 0.717) is 30.3 Å². The van der Waals surface area contributed by atoms with Crippen LogP contribution in [0, 0.1) is 6.92 Å². The molecule has 2 amide bonds. The predicted molar refractivity (Wildman–Crippen MR) is 132 cm³/mol. The summed E-state index contributed by atoms with van der Waals surface area (Å²) in [6.45, 7) is 3.21. The number of carbonyl (C=O) groups is 2. The van der Waals surface area contributed by atoms with Crippen molar-refractivity contribution in [3.63, 3.8) is 0 Å². The number of aromatic nitrogens is 1. The van der Waals surface area contributed by atoms with Gasteiger partial charge in [-0.15, -0.1) is 0 Å². The summed E-state index contributed by atoms with van der Waals surface area (Å²) in [6.07, 6.45) is 3.12. The highest BCUT2D eigenvalue weighted by Crippen LogP contribution is 2.30. The van der Waals surface area contributed by atoms with Crippen LogP contribution in [0.25, 0.3) is 0 Å². The number of carbonyl (C=O) groups excluding carboxylic acids is 2. The molecule has 0 saturated carbocycles. The van der Waals surface area contributed by atoms with Gasteiger partial charge in [-0.1, -0.05) is 41.4 Å². The second-order valence-corrected chi connectivity index (χ2v) is 9.00. The van der Waals surface area contributed by atoms with Crippen molar-refractivity contribution in [2.45, 2.75) is 25.7 Å². The zero-order valence-electron chi connectivity index (χ0n) is 18.1. The Labute approximate surface area is 202 Å². The molecule has 1 saturated heterocycles. The van der Waals surface area contributed by atoms with Crippen molar-refractivity contribution in [1.29, 1.82) is 0 Å². The Morgan fingerprint density at radius 2 is 1.76 bits per heavy atom. The van der Waals surface area contributed by atoms with E-state index in [-0.39, 0.29) is 21.6 Å². The van der Waals surface area contributed by atoms with Crippen LogP contribution in [0.2, 0.25) is 10.2 Å². The molecule has 8 heteroatoms. The fraction of sp³-hybridized carbons (Fsp3) is 0.240. The van der Waals surface area contributed by atoms with Gasteiger partial charge in [0.25, 0.3) is 11.8 Å². The second kappa shape index (κ2) is 9.81. The number of piperidine rings is 1. The van der Waals surface area contributed by atoms with Crippen LogP contribution >= 0.6 is 23.2 Å². The Hall–Kier alpha value is -3.09. The normalized spacial score (nSPS) is 14.2. The molecule has 0 unspecified atom stereocenters. The lowest BCUT2D eigenvalue weighted by Gasteiger charge is -2.32. The average Bonchev–Trinajstić information content (AvgIpc) is 2.82. The minimum Gasteiger partial charge on any atom is -0.399 e. The van der Waals surface area contributed by atoms with E-state index in [2.05, 4.69) is 22.4 Å². The van der Waals surface area contributed by atoms with Gasteiger partial charge in [0, 0.05) is 36.2 Å². The monoisotopic (exact) mass is 482 g/mol. The number of aryl methyl sites for hydroxylation is 1. The summed E-state index contributed by atoms with van der Waals surface area (Å²) in [5.41, 5.74) is 9.92. The van der Waals surface area contributed by atoms with E-state index >= 15 is 0 Å². The van der Waals surface area contributed by atoms with Gasteiger partial charge in [-0.2, -0.15) is 0 Å². The summed E-state index contributed by atoms with van der Waals surface area (Å²) in [5.74, 6) is -0.0491. The Balaban J connectivity index is 1.45. The Morgan fingerprint density at radius 3 is 2.45 bits per heavy atom. The molecule has 0 atom stereocenters. The number of nitrogens with zero attached hydrogens (tertiary/aromatic N) is 2. The number of nitrogens with two attached hydrogens (primary N) is 1. The highest BCUT2D eigenvalue weighted by molar-refractivity contribution is 6.35. The minimum absolute atomic E-state index is 0.0498. The topological polar surface area (TPSA) is 88.3 Å². The average molecular weight is 483 g/mol. The number of likely N-dealkylation sites (tertiary alicyclic amines) is 1. The molecular formula is C25H24Cl2N4O2. The molecule has 3 aromatic rings. The SMILES string of the molecule is Cc1ccc(C(=O)N2CCC(c3ccc(N)cc3)CC2)cc1NC(=O)c1cc(Cl)ncc1Cl. The third-order valence-electron chi connectivity index (χ3n) is 5.99. The summed E-state index contributed by atoms with van der Waals surface area (Å²) in [5, 5.41) is 3.21. The first-order valence-electron chi connectivity index (χ1n) is 10.7. The lowest BCUT2D eigenvalue weighted by Crippen LogP contribution is -2.38. The van der Waals surface area contributed by atoms with Gasteiger partial charge in [0.1, 0.15) is 5.15 Å². The molecule has 1 aliphatic heterocycles.